The van der Waals surface area contributed by atoms with Crippen molar-refractivity contribution in [1.29, 1.82) is 0 Å². The van der Waals surface area contributed by atoms with Crippen molar-refractivity contribution < 1.29 is 17.9 Å². The van der Waals surface area contributed by atoms with Crippen LogP contribution in [-0.2, 0) is 10.0 Å². The van der Waals surface area contributed by atoms with E-state index in [0.29, 0.717) is 15.8 Å². The zero-order chi connectivity index (χ0) is 15.0. The second kappa shape index (κ2) is 5.49. The molecule has 112 valence electrons. The minimum Gasteiger partial charge on any atom is -0.454 e. The number of benzene rings is 1. The molecule has 0 aliphatic carbocycles. The number of sulfonamides is 1. The molecule has 21 heavy (non-hydrogen) atoms. The third-order valence-electron chi connectivity index (χ3n) is 3.04. The van der Waals surface area contributed by atoms with Gasteiger partial charge in [-0.3, -0.25) is 0 Å². The van der Waals surface area contributed by atoms with Crippen molar-refractivity contribution in [2.45, 2.75) is 17.2 Å². The van der Waals surface area contributed by atoms with Crippen molar-refractivity contribution in [3.8, 4) is 11.5 Å². The van der Waals surface area contributed by atoms with Crippen LogP contribution in [0.3, 0.4) is 0 Å². The van der Waals surface area contributed by atoms with Gasteiger partial charge in [-0.15, -0.1) is 11.3 Å². The average molecular weight is 346 g/mol. The lowest BCUT2D eigenvalue weighted by atomic mass is 10.1. The van der Waals surface area contributed by atoms with Crippen LogP contribution < -0.4 is 14.2 Å². The van der Waals surface area contributed by atoms with Crippen molar-refractivity contribution in [2.24, 2.45) is 0 Å². The van der Waals surface area contributed by atoms with Gasteiger partial charge in [0.05, 0.1) is 4.34 Å². The molecule has 1 aliphatic rings. The SMILES string of the molecule is C[C@H](NS(=O)(=O)c1ccc(Cl)s1)c1ccc2c(c1)OCO2. The molecule has 2 aromatic rings. The first kappa shape index (κ1) is 14.6. The van der Waals surface area contributed by atoms with Crippen LogP contribution in [0.25, 0.3) is 0 Å². The summed E-state index contributed by atoms with van der Waals surface area (Å²) in [6.07, 6.45) is 0. The van der Waals surface area contributed by atoms with Crippen molar-refractivity contribution in [3.05, 3.63) is 40.2 Å². The second-order valence-electron chi connectivity index (χ2n) is 4.51. The van der Waals surface area contributed by atoms with Crippen LogP contribution in [0.1, 0.15) is 18.5 Å². The molecule has 3 rings (SSSR count). The predicted molar refractivity (Wildman–Crippen MR) is 80.6 cm³/mol. The van der Waals surface area contributed by atoms with Gasteiger partial charge in [0.15, 0.2) is 11.5 Å². The van der Waals surface area contributed by atoms with E-state index in [2.05, 4.69) is 4.72 Å². The lowest BCUT2D eigenvalue weighted by molar-refractivity contribution is 0.174. The molecule has 2 heterocycles. The number of rotatable bonds is 4. The molecule has 0 radical (unpaired) electrons. The molecular weight excluding hydrogens is 334 g/mol. The maximum Gasteiger partial charge on any atom is 0.250 e. The second-order valence-corrected chi connectivity index (χ2v) is 8.17. The van der Waals surface area contributed by atoms with Gasteiger partial charge in [0, 0.05) is 6.04 Å². The largest absolute Gasteiger partial charge is 0.454 e. The van der Waals surface area contributed by atoms with Crippen LogP contribution in [0, 0.1) is 0 Å². The monoisotopic (exact) mass is 345 g/mol. The number of nitrogens with one attached hydrogen (secondary N) is 1. The molecular formula is C13H12ClNO4S2. The van der Waals surface area contributed by atoms with E-state index in [1.165, 1.54) is 6.07 Å². The Bertz CT molecular complexity index is 772. The van der Waals surface area contributed by atoms with Gasteiger partial charge in [0.2, 0.25) is 6.79 Å². The molecule has 0 saturated carbocycles. The number of thiophene rings is 1. The van der Waals surface area contributed by atoms with Crippen LogP contribution in [0.15, 0.2) is 34.5 Å². The molecule has 0 saturated heterocycles. The van der Waals surface area contributed by atoms with E-state index >= 15 is 0 Å². The Labute approximate surface area is 131 Å². The minimum atomic E-state index is -3.59. The average Bonchev–Trinajstić information content (AvgIpc) is 3.05. The summed E-state index contributed by atoms with van der Waals surface area (Å²) in [5, 5.41) is 0. The fourth-order valence-electron chi connectivity index (χ4n) is 1.98. The molecule has 0 unspecified atom stereocenters. The van der Waals surface area contributed by atoms with E-state index in [-0.39, 0.29) is 11.0 Å². The third-order valence-corrected chi connectivity index (χ3v) is 6.31. The third kappa shape index (κ3) is 3.01. The van der Waals surface area contributed by atoms with E-state index in [9.17, 15) is 8.42 Å². The summed E-state index contributed by atoms with van der Waals surface area (Å²) in [7, 11) is -3.59. The van der Waals surface area contributed by atoms with Crippen LogP contribution in [0.2, 0.25) is 4.34 Å². The summed E-state index contributed by atoms with van der Waals surface area (Å²) in [5.74, 6) is 1.29. The van der Waals surface area contributed by atoms with Gasteiger partial charge in [0.25, 0.3) is 10.0 Å². The Hall–Kier alpha value is -1.28. The van der Waals surface area contributed by atoms with Crippen LogP contribution in [-0.4, -0.2) is 15.2 Å². The van der Waals surface area contributed by atoms with Crippen LogP contribution in [0.4, 0.5) is 0 Å². The smallest absolute Gasteiger partial charge is 0.250 e. The first-order valence-corrected chi connectivity index (χ1v) is 8.81. The van der Waals surface area contributed by atoms with E-state index < -0.39 is 16.1 Å². The molecule has 1 aromatic carbocycles. The number of ether oxygens (including phenoxy) is 2. The Morgan fingerprint density at radius 1 is 1.24 bits per heavy atom. The van der Waals surface area contributed by atoms with Gasteiger partial charge in [-0.2, -0.15) is 0 Å². The fourth-order valence-corrected chi connectivity index (χ4v) is 4.71. The highest BCUT2D eigenvalue weighted by molar-refractivity contribution is 7.91. The van der Waals surface area contributed by atoms with E-state index in [0.717, 1.165) is 16.9 Å². The number of hydrogen-bond acceptors (Lipinski definition) is 5. The zero-order valence-corrected chi connectivity index (χ0v) is 13.4. The maximum atomic E-state index is 12.2. The summed E-state index contributed by atoms with van der Waals surface area (Å²) < 4.78 is 38.3. The molecule has 0 amide bonds. The highest BCUT2D eigenvalue weighted by atomic mass is 35.5. The summed E-state index contributed by atoms with van der Waals surface area (Å²) >= 11 is 6.80. The summed E-state index contributed by atoms with van der Waals surface area (Å²) in [6, 6.07) is 8.00. The predicted octanol–water partition coefficient (Wildman–Crippen LogP) is 3.17. The van der Waals surface area contributed by atoms with Gasteiger partial charge < -0.3 is 9.47 Å². The highest BCUT2D eigenvalue weighted by Crippen LogP contribution is 2.34. The standard InChI is InChI=1S/C13H12ClNO4S2/c1-8(9-2-3-10-11(6-9)19-7-18-10)15-21(16,17)13-5-4-12(14)20-13/h2-6,8,15H,7H2,1H3/t8-/m0/s1. The number of fused-ring (bicyclic) bond motifs is 1. The molecule has 1 N–H and O–H groups in total. The Kier molecular flexibility index (Phi) is 3.83. The van der Waals surface area contributed by atoms with Crippen LogP contribution in [0.5, 0.6) is 11.5 Å². The maximum absolute atomic E-state index is 12.2. The van der Waals surface area contributed by atoms with E-state index in [4.69, 9.17) is 21.1 Å². The number of hydrogen-bond donors (Lipinski definition) is 1. The van der Waals surface area contributed by atoms with Gasteiger partial charge in [-0.05, 0) is 36.8 Å². The van der Waals surface area contributed by atoms with Crippen molar-refractivity contribution >= 4 is 33.0 Å². The van der Waals surface area contributed by atoms with Crippen LogP contribution >= 0.6 is 22.9 Å². The summed E-state index contributed by atoms with van der Waals surface area (Å²) in [6.45, 7) is 1.96. The topological polar surface area (TPSA) is 64.6 Å². The normalized spacial score (nSPS) is 15.1. The summed E-state index contributed by atoms with van der Waals surface area (Å²) in [4.78, 5) is 0. The van der Waals surface area contributed by atoms with E-state index in [1.54, 1.807) is 25.1 Å². The molecule has 0 spiro atoms. The van der Waals surface area contributed by atoms with Crippen molar-refractivity contribution in [3.63, 3.8) is 0 Å². The van der Waals surface area contributed by atoms with Gasteiger partial charge in [0.1, 0.15) is 4.21 Å². The van der Waals surface area contributed by atoms with Gasteiger partial charge >= 0.3 is 0 Å². The Morgan fingerprint density at radius 3 is 2.71 bits per heavy atom. The molecule has 5 nitrogen and oxygen atoms in total. The Morgan fingerprint density at radius 2 is 2.00 bits per heavy atom. The summed E-state index contributed by atoms with van der Waals surface area (Å²) in [5.41, 5.74) is 0.797. The minimum absolute atomic E-state index is 0.187. The van der Waals surface area contributed by atoms with Gasteiger partial charge in [-0.25, -0.2) is 13.1 Å². The molecule has 1 atom stereocenters. The highest BCUT2D eigenvalue weighted by Gasteiger charge is 2.22. The quantitative estimate of drug-likeness (QED) is 0.924. The Balaban J connectivity index is 1.81. The number of halogens is 1. The lowest BCUT2D eigenvalue weighted by Gasteiger charge is -2.14. The molecule has 0 bridgehead atoms. The molecule has 0 fully saturated rings. The first-order valence-electron chi connectivity index (χ1n) is 6.13. The molecule has 1 aliphatic heterocycles. The van der Waals surface area contributed by atoms with E-state index in [1.807, 2.05) is 6.07 Å². The van der Waals surface area contributed by atoms with Crippen molar-refractivity contribution in [1.82, 2.24) is 4.72 Å². The lowest BCUT2D eigenvalue weighted by Crippen LogP contribution is -2.26. The molecule has 1 aromatic heterocycles. The first-order chi connectivity index (χ1) is 9.95. The van der Waals surface area contributed by atoms with Crippen molar-refractivity contribution in [2.75, 3.05) is 6.79 Å². The molecule has 8 heteroatoms. The fraction of sp³-hybridized carbons (Fsp3) is 0.231. The zero-order valence-electron chi connectivity index (χ0n) is 11.0. The van der Waals surface area contributed by atoms with Gasteiger partial charge in [-0.1, -0.05) is 17.7 Å².